The minimum Gasteiger partial charge on any atom is -0.353 e. The summed E-state index contributed by atoms with van der Waals surface area (Å²) in [4.78, 5) is 33.2. The van der Waals surface area contributed by atoms with Crippen molar-refractivity contribution < 1.29 is 4.79 Å². The first kappa shape index (κ1) is 27.4. The molecule has 1 N–H and O–H groups in total. The van der Waals surface area contributed by atoms with Gasteiger partial charge in [-0.15, -0.1) is 0 Å². The standard InChI is InChI=1S/C31H33ClN4O2S/c32-24-11-8-12-26(21-24)36-30(38)27-13-4-5-14-28(27)34-31(36)39-20-7-6-15-29(37)33-25-16-18-35(19-17-25)22-23-9-2-1-3-10-23/h1-5,8-14,21,25H,6-7,15-20,22H2,(H,33,37). The smallest absolute Gasteiger partial charge is 0.266 e. The highest BCUT2D eigenvalue weighted by Gasteiger charge is 2.20. The van der Waals surface area contributed by atoms with E-state index in [1.54, 1.807) is 22.8 Å². The molecule has 6 nitrogen and oxygen atoms in total. The second-order valence-corrected chi connectivity index (χ2v) is 11.4. The Morgan fingerprint density at radius 1 is 0.974 bits per heavy atom. The molecule has 0 bridgehead atoms. The molecule has 1 aromatic heterocycles. The summed E-state index contributed by atoms with van der Waals surface area (Å²) < 4.78 is 1.63. The number of benzene rings is 3. The zero-order valence-electron chi connectivity index (χ0n) is 21.9. The van der Waals surface area contributed by atoms with Gasteiger partial charge in [-0.25, -0.2) is 4.98 Å². The molecular weight excluding hydrogens is 528 g/mol. The molecule has 1 aliphatic heterocycles. The largest absolute Gasteiger partial charge is 0.353 e. The maximum absolute atomic E-state index is 13.4. The van der Waals surface area contributed by atoms with Crippen LogP contribution in [0.15, 0.2) is 88.8 Å². The van der Waals surface area contributed by atoms with Gasteiger partial charge >= 0.3 is 0 Å². The zero-order chi connectivity index (χ0) is 27.0. The summed E-state index contributed by atoms with van der Waals surface area (Å²) in [6.45, 7) is 2.98. The molecule has 0 spiro atoms. The Morgan fingerprint density at radius 3 is 2.54 bits per heavy atom. The van der Waals surface area contributed by atoms with E-state index in [-0.39, 0.29) is 17.5 Å². The van der Waals surface area contributed by atoms with Gasteiger partial charge in [0.1, 0.15) is 0 Å². The van der Waals surface area contributed by atoms with Crippen LogP contribution in [0.4, 0.5) is 0 Å². The molecule has 3 aromatic carbocycles. The number of hydrogen-bond acceptors (Lipinski definition) is 5. The van der Waals surface area contributed by atoms with E-state index in [2.05, 4.69) is 34.5 Å². The number of likely N-dealkylation sites (tertiary alicyclic amines) is 1. The van der Waals surface area contributed by atoms with Gasteiger partial charge in [-0.2, -0.15) is 0 Å². The third-order valence-corrected chi connectivity index (χ3v) is 8.30. The van der Waals surface area contributed by atoms with Crippen LogP contribution in [0, 0.1) is 0 Å². The Hall–Kier alpha value is -3.13. The van der Waals surface area contributed by atoms with Crippen molar-refractivity contribution in [1.82, 2.24) is 19.8 Å². The molecule has 5 rings (SSSR count). The summed E-state index contributed by atoms with van der Waals surface area (Å²) in [5.41, 5.74) is 2.60. The van der Waals surface area contributed by atoms with E-state index in [0.29, 0.717) is 33.2 Å². The molecule has 1 fully saturated rings. The Bertz CT molecular complexity index is 1470. The summed E-state index contributed by atoms with van der Waals surface area (Å²) >= 11 is 7.76. The molecule has 0 atom stereocenters. The highest BCUT2D eigenvalue weighted by Crippen LogP contribution is 2.24. The molecule has 4 aromatic rings. The summed E-state index contributed by atoms with van der Waals surface area (Å²) in [6, 6.07) is 25.5. The number of piperidine rings is 1. The number of para-hydroxylation sites is 1. The van der Waals surface area contributed by atoms with Crippen molar-refractivity contribution in [3.8, 4) is 5.69 Å². The van der Waals surface area contributed by atoms with Crippen LogP contribution >= 0.6 is 23.4 Å². The fourth-order valence-corrected chi connectivity index (χ4v) is 6.18. The third-order valence-electron chi connectivity index (χ3n) is 7.04. The van der Waals surface area contributed by atoms with Crippen LogP contribution in [0.5, 0.6) is 0 Å². The topological polar surface area (TPSA) is 67.2 Å². The molecule has 2 heterocycles. The number of amides is 1. The Morgan fingerprint density at radius 2 is 1.74 bits per heavy atom. The number of aromatic nitrogens is 2. The van der Waals surface area contributed by atoms with Crippen molar-refractivity contribution in [2.24, 2.45) is 0 Å². The molecule has 39 heavy (non-hydrogen) atoms. The highest BCUT2D eigenvalue weighted by atomic mass is 35.5. The van der Waals surface area contributed by atoms with Gasteiger partial charge < -0.3 is 5.32 Å². The molecule has 0 unspecified atom stereocenters. The van der Waals surface area contributed by atoms with Crippen LogP contribution in [0.25, 0.3) is 16.6 Å². The van der Waals surface area contributed by atoms with E-state index in [9.17, 15) is 9.59 Å². The maximum atomic E-state index is 13.4. The van der Waals surface area contributed by atoms with E-state index in [1.165, 1.54) is 17.3 Å². The van der Waals surface area contributed by atoms with Crippen molar-refractivity contribution in [3.05, 3.63) is 99.8 Å². The van der Waals surface area contributed by atoms with Crippen LogP contribution in [0.1, 0.15) is 37.7 Å². The molecule has 0 saturated carbocycles. The first-order valence-electron chi connectivity index (χ1n) is 13.5. The normalized spacial score (nSPS) is 14.5. The van der Waals surface area contributed by atoms with Gasteiger partial charge in [0.15, 0.2) is 5.16 Å². The number of unbranched alkanes of at least 4 members (excludes halogenated alkanes) is 1. The van der Waals surface area contributed by atoms with E-state index >= 15 is 0 Å². The van der Waals surface area contributed by atoms with Gasteiger partial charge in [0.25, 0.3) is 5.56 Å². The van der Waals surface area contributed by atoms with Gasteiger partial charge in [-0.05, 0) is 61.6 Å². The number of thioether (sulfide) groups is 1. The van der Waals surface area contributed by atoms with Gasteiger partial charge in [0.05, 0.1) is 16.6 Å². The number of carbonyl (C=O) groups is 1. The average molecular weight is 561 g/mol. The minimum atomic E-state index is -0.112. The van der Waals surface area contributed by atoms with Crippen molar-refractivity contribution in [1.29, 1.82) is 0 Å². The van der Waals surface area contributed by atoms with Gasteiger partial charge in [-0.3, -0.25) is 19.1 Å². The number of hydrogen-bond donors (Lipinski definition) is 1. The van der Waals surface area contributed by atoms with Crippen LogP contribution in [0.2, 0.25) is 5.02 Å². The van der Waals surface area contributed by atoms with Crippen molar-refractivity contribution >= 4 is 40.2 Å². The second-order valence-electron chi connectivity index (χ2n) is 9.94. The van der Waals surface area contributed by atoms with Crippen molar-refractivity contribution in [2.45, 2.75) is 49.8 Å². The number of fused-ring (bicyclic) bond motifs is 1. The summed E-state index contributed by atoms with van der Waals surface area (Å²) in [6.07, 6.45) is 4.13. The monoisotopic (exact) mass is 560 g/mol. The number of carbonyl (C=O) groups excluding carboxylic acids is 1. The van der Waals surface area contributed by atoms with E-state index in [1.807, 2.05) is 36.4 Å². The lowest BCUT2D eigenvalue weighted by Crippen LogP contribution is -2.44. The Kier molecular flexibility index (Phi) is 9.35. The summed E-state index contributed by atoms with van der Waals surface area (Å²) in [5.74, 6) is 0.887. The number of halogens is 1. The highest BCUT2D eigenvalue weighted by molar-refractivity contribution is 7.99. The minimum absolute atomic E-state index is 0.112. The van der Waals surface area contributed by atoms with E-state index in [4.69, 9.17) is 16.6 Å². The third kappa shape index (κ3) is 7.29. The van der Waals surface area contributed by atoms with Gasteiger partial charge in [0.2, 0.25) is 5.91 Å². The zero-order valence-corrected chi connectivity index (χ0v) is 23.5. The van der Waals surface area contributed by atoms with E-state index < -0.39 is 0 Å². The van der Waals surface area contributed by atoms with Crippen LogP contribution in [-0.4, -0.2) is 45.2 Å². The Labute approximate surface area is 238 Å². The SMILES string of the molecule is O=C(CCCCSc1nc2ccccc2c(=O)n1-c1cccc(Cl)c1)NC1CCN(Cc2ccccc2)CC1. The van der Waals surface area contributed by atoms with Crippen molar-refractivity contribution in [2.75, 3.05) is 18.8 Å². The maximum Gasteiger partial charge on any atom is 0.266 e. The number of nitrogens with zero attached hydrogens (tertiary/aromatic N) is 3. The summed E-state index contributed by atoms with van der Waals surface area (Å²) in [5, 5.41) is 5.00. The van der Waals surface area contributed by atoms with Gasteiger partial charge in [-0.1, -0.05) is 71.9 Å². The van der Waals surface area contributed by atoms with Crippen molar-refractivity contribution in [3.63, 3.8) is 0 Å². The van der Waals surface area contributed by atoms with Crippen LogP contribution in [-0.2, 0) is 11.3 Å². The molecule has 1 saturated heterocycles. The molecular formula is C31H33ClN4O2S. The fraction of sp³-hybridized carbons (Fsp3) is 0.323. The number of nitrogens with one attached hydrogen (secondary N) is 1. The molecule has 202 valence electrons. The van der Waals surface area contributed by atoms with Crippen LogP contribution in [0.3, 0.4) is 0 Å². The lowest BCUT2D eigenvalue weighted by atomic mass is 10.0. The van der Waals surface area contributed by atoms with Gasteiger partial charge in [0, 0.05) is 42.9 Å². The first-order chi connectivity index (χ1) is 19.1. The predicted octanol–water partition coefficient (Wildman–Crippen LogP) is 6.08. The quantitative estimate of drug-likeness (QED) is 0.145. The lowest BCUT2D eigenvalue weighted by Gasteiger charge is -2.32. The molecule has 1 aliphatic rings. The molecule has 0 aliphatic carbocycles. The first-order valence-corrected chi connectivity index (χ1v) is 14.9. The Balaban J connectivity index is 1.10. The average Bonchev–Trinajstić information content (AvgIpc) is 2.95. The lowest BCUT2D eigenvalue weighted by molar-refractivity contribution is -0.122. The number of rotatable bonds is 10. The molecule has 8 heteroatoms. The fourth-order valence-electron chi connectivity index (χ4n) is 4.98. The predicted molar refractivity (Wildman–Crippen MR) is 160 cm³/mol. The summed E-state index contributed by atoms with van der Waals surface area (Å²) in [7, 11) is 0. The molecule has 1 amide bonds. The van der Waals surface area contributed by atoms with E-state index in [0.717, 1.165) is 51.1 Å². The second kappa shape index (κ2) is 13.3. The van der Waals surface area contributed by atoms with Crippen LogP contribution < -0.4 is 10.9 Å². The molecule has 0 radical (unpaired) electrons.